The van der Waals surface area contributed by atoms with Crippen molar-refractivity contribution in [1.29, 1.82) is 0 Å². The Labute approximate surface area is 116 Å². The van der Waals surface area contributed by atoms with Crippen LogP contribution >= 0.6 is 11.6 Å². The first-order valence-electron chi connectivity index (χ1n) is 6.02. The van der Waals surface area contributed by atoms with Gasteiger partial charge in [0.1, 0.15) is 6.10 Å². The third-order valence-electron chi connectivity index (χ3n) is 2.88. The molecule has 1 unspecified atom stereocenters. The molecule has 2 rings (SSSR count). The van der Waals surface area contributed by atoms with Crippen LogP contribution < -0.4 is 5.32 Å². The zero-order valence-corrected chi connectivity index (χ0v) is 11.3. The molecule has 1 atom stereocenters. The predicted molar refractivity (Wildman–Crippen MR) is 72.2 cm³/mol. The van der Waals surface area contributed by atoms with Gasteiger partial charge in [-0.25, -0.2) is 4.79 Å². The first kappa shape index (κ1) is 13.7. The van der Waals surface area contributed by atoms with Crippen LogP contribution in [0.3, 0.4) is 0 Å². The Morgan fingerprint density at radius 2 is 2.16 bits per heavy atom. The highest BCUT2D eigenvalue weighted by Gasteiger charge is 2.28. The number of nitrogens with zero attached hydrogens (tertiary/aromatic N) is 1. The number of benzene rings is 1. The van der Waals surface area contributed by atoms with Crippen LogP contribution in [0.2, 0.25) is 5.02 Å². The number of hydrogen-bond donors (Lipinski definition) is 1. The van der Waals surface area contributed by atoms with Crippen LogP contribution in [0.25, 0.3) is 0 Å². The number of ether oxygens (including phenoxy) is 1. The van der Waals surface area contributed by atoms with E-state index in [9.17, 15) is 9.59 Å². The minimum Gasteiger partial charge on any atom is -0.444 e. The van der Waals surface area contributed by atoms with Gasteiger partial charge in [-0.05, 0) is 30.7 Å². The van der Waals surface area contributed by atoms with Gasteiger partial charge in [-0.2, -0.15) is 0 Å². The van der Waals surface area contributed by atoms with E-state index in [2.05, 4.69) is 5.32 Å². The van der Waals surface area contributed by atoms with E-state index in [4.69, 9.17) is 16.3 Å². The van der Waals surface area contributed by atoms with Crippen molar-refractivity contribution in [3.05, 3.63) is 29.3 Å². The van der Waals surface area contributed by atoms with Gasteiger partial charge in [0.15, 0.2) is 0 Å². The standard InChI is InChI=1S/C13H15ClN2O3/c1-16-8-11(19-13(16)18)6-7-12(17)15-10-4-2-9(14)3-5-10/h2-5,11H,6-8H2,1H3,(H,15,17). The van der Waals surface area contributed by atoms with Gasteiger partial charge >= 0.3 is 6.09 Å². The van der Waals surface area contributed by atoms with Gasteiger partial charge in [0, 0.05) is 24.2 Å². The van der Waals surface area contributed by atoms with Gasteiger partial charge < -0.3 is 15.0 Å². The quantitative estimate of drug-likeness (QED) is 0.923. The number of anilines is 1. The number of cyclic esters (lactones) is 1. The molecule has 0 bridgehead atoms. The van der Waals surface area contributed by atoms with Gasteiger partial charge in [0.05, 0.1) is 6.54 Å². The molecule has 1 aromatic rings. The molecule has 1 aliphatic heterocycles. The Bertz CT molecular complexity index is 475. The van der Waals surface area contributed by atoms with Gasteiger partial charge in [-0.1, -0.05) is 11.6 Å². The smallest absolute Gasteiger partial charge is 0.409 e. The van der Waals surface area contributed by atoms with Crippen LogP contribution in [-0.2, 0) is 9.53 Å². The van der Waals surface area contributed by atoms with Crippen LogP contribution in [0, 0.1) is 0 Å². The number of carbonyl (C=O) groups is 2. The van der Waals surface area contributed by atoms with Crippen LogP contribution in [0.15, 0.2) is 24.3 Å². The summed E-state index contributed by atoms with van der Waals surface area (Å²) in [6.07, 6.45) is 0.306. The summed E-state index contributed by atoms with van der Waals surface area (Å²) in [7, 11) is 1.68. The lowest BCUT2D eigenvalue weighted by Crippen LogP contribution is -2.20. The van der Waals surface area contributed by atoms with Crippen molar-refractivity contribution < 1.29 is 14.3 Å². The predicted octanol–water partition coefficient (Wildman–Crippen LogP) is 2.51. The first-order valence-corrected chi connectivity index (χ1v) is 6.39. The SMILES string of the molecule is CN1CC(CCC(=O)Nc2ccc(Cl)cc2)OC1=O. The Morgan fingerprint density at radius 1 is 1.47 bits per heavy atom. The molecule has 6 heteroatoms. The largest absolute Gasteiger partial charge is 0.444 e. The number of hydrogen-bond acceptors (Lipinski definition) is 3. The molecule has 1 aromatic carbocycles. The van der Waals surface area contributed by atoms with Gasteiger partial charge in [-0.3, -0.25) is 4.79 Å². The van der Waals surface area contributed by atoms with E-state index in [1.165, 1.54) is 4.90 Å². The lowest BCUT2D eigenvalue weighted by molar-refractivity contribution is -0.116. The maximum absolute atomic E-state index is 11.7. The molecule has 102 valence electrons. The molecule has 0 aliphatic carbocycles. The topological polar surface area (TPSA) is 58.6 Å². The number of halogens is 1. The third-order valence-corrected chi connectivity index (χ3v) is 3.13. The summed E-state index contributed by atoms with van der Waals surface area (Å²) in [6.45, 7) is 0.535. The molecular formula is C13H15ClN2O3. The minimum atomic E-state index is -0.330. The molecule has 1 saturated heterocycles. The Morgan fingerprint density at radius 3 is 2.74 bits per heavy atom. The van der Waals surface area contributed by atoms with Crippen molar-refractivity contribution in [3.8, 4) is 0 Å². The lowest BCUT2D eigenvalue weighted by Gasteiger charge is -2.08. The summed E-state index contributed by atoms with van der Waals surface area (Å²) in [4.78, 5) is 24.4. The highest BCUT2D eigenvalue weighted by Crippen LogP contribution is 2.16. The van der Waals surface area contributed by atoms with Crippen LogP contribution in [0.1, 0.15) is 12.8 Å². The summed E-state index contributed by atoms with van der Waals surface area (Å²) in [5.74, 6) is -0.104. The van der Waals surface area contributed by atoms with Crippen molar-refractivity contribution in [1.82, 2.24) is 4.90 Å². The van der Waals surface area contributed by atoms with E-state index < -0.39 is 0 Å². The molecule has 0 saturated carbocycles. The summed E-state index contributed by atoms with van der Waals surface area (Å²) in [6, 6.07) is 6.91. The highest BCUT2D eigenvalue weighted by molar-refractivity contribution is 6.30. The summed E-state index contributed by atoms with van der Waals surface area (Å²) in [5, 5.41) is 3.39. The van der Waals surface area contributed by atoms with Crippen molar-refractivity contribution >= 4 is 29.3 Å². The second-order valence-corrected chi connectivity index (χ2v) is 4.92. The normalized spacial score (nSPS) is 18.3. The Balaban J connectivity index is 1.76. The van der Waals surface area contributed by atoms with E-state index in [0.717, 1.165) is 0 Å². The molecule has 1 aliphatic rings. The monoisotopic (exact) mass is 282 g/mol. The van der Waals surface area contributed by atoms with E-state index in [1.54, 1.807) is 31.3 Å². The average Bonchev–Trinajstić information content (AvgIpc) is 2.69. The van der Waals surface area contributed by atoms with E-state index >= 15 is 0 Å². The number of rotatable bonds is 4. The van der Waals surface area contributed by atoms with Crippen LogP contribution in [0.5, 0.6) is 0 Å². The third kappa shape index (κ3) is 3.86. The molecular weight excluding hydrogens is 268 g/mol. The summed E-state index contributed by atoms with van der Waals surface area (Å²) < 4.78 is 5.08. The van der Waals surface area contributed by atoms with Crippen LogP contribution in [0.4, 0.5) is 10.5 Å². The molecule has 2 amide bonds. The number of nitrogens with one attached hydrogen (secondary N) is 1. The fourth-order valence-electron chi connectivity index (χ4n) is 1.85. The zero-order valence-electron chi connectivity index (χ0n) is 10.6. The van der Waals surface area contributed by atoms with Gasteiger partial charge in [0.2, 0.25) is 5.91 Å². The molecule has 0 radical (unpaired) electrons. The summed E-state index contributed by atoms with van der Waals surface area (Å²) in [5.41, 5.74) is 0.704. The van der Waals surface area contributed by atoms with E-state index in [0.29, 0.717) is 30.1 Å². The average molecular weight is 283 g/mol. The zero-order chi connectivity index (χ0) is 13.8. The summed E-state index contributed by atoms with van der Waals surface area (Å²) >= 11 is 5.76. The van der Waals surface area contributed by atoms with Crippen molar-refractivity contribution in [3.63, 3.8) is 0 Å². The molecule has 0 spiro atoms. The Hall–Kier alpha value is -1.75. The van der Waals surface area contributed by atoms with Crippen molar-refractivity contribution in [2.24, 2.45) is 0 Å². The first-order chi connectivity index (χ1) is 9.04. The molecule has 1 heterocycles. The fourth-order valence-corrected chi connectivity index (χ4v) is 1.97. The van der Waals surface area contributed by atoms with Crippen LogP contribution in [-0.4, -0.2) is 36.6 Å². The molecule has 19 heavy (non-hydrogen) atoms. The molecule has 5 nitrogen and oxygen atoms in total. The second-order valence-electron chi connectivity index (χ2n) is 4.48. The number of amides is 2. The molecule has 1 fully saturated rings. The van der Waals surface area contributed by atoms with Crippen molar-refractivity contribution in [2.75, 3.05) is 18.9 Å². The second kappa shape index (κ2) is 5.93. The molecule has 0 aromatic heterocycles. The van der Waals surface area contributed by atoms with Gasteiger partial charge in [0.25, 0.3) is 0 Å². The lowest BCUT2D eigenvalue weighted by atomic mass is 10.2. The maximum atomic E-state index is 11.7. The molecule has 1 N–H and O–H groups in total. The van der Waals surface area contributed by atoms with E-state index in [-0.39, 0.29) is 18.1 Å². The number of likely N-dealkylation sites (N-methyl/N-ethyl adjacent to an activating group) is 1. The van der Waals surface area contributed by atoms with Gasteiger partial charge in [-0.15, -0.1) is 0 Å². The minimum absolute atomic E-state index is 0.104. The van der Waals surface area contributed by atoms with Crippen molar-refractivity contribution in [2.45, 2.75) is 18.9 Å². The highest BCUT2D eigenvalue weighted by atomic mass is 35.5. The number of carbonyl (C=O) groups excluding carboxylic acids is 2. The Kier molecular flexibility index (Phi) is 4.27. The fraction of sp³-hybridized carbons (Fsp3) is 0.385. The van der Waals surface area contributed by atoms with E-state index in [1.807, 2.05) is 0 Å². The maximum Gasteiger partial charge on any atom is 0.409 e.